The van der Waals surface area contributed by atoms with E-state index in [1.165, 1.54) is 7.11 Å². The second-order valence-corrected chi connectivity index (χ2v) is 9.34. The SMILES string of the molecule is CCc1cccc2c1NC(=O)C21C2C(=O)N(c3ccccc3C(=O)OC)C(=O)C2C2CCCN21. The van der Waals surface area contributed by atoms with Crippen LogP contribution in [0.2, 0.25) is 0 Å². The number of aryl methyl sites for hydroxylation is 1. The van der Waals surface area contributed by atoms with Gasteiger partial charge < -0.3 is 10.1 Å². The average Bonchev–Trinajstić information content (AvgIpc) is 3.56. The molecule has 3 fully saturated rings. The quantitative estimate of drug-likeness (QED) is 0.560. The molecule has 3 amide bonds. The zero-order valence-electron chi connectivity index (χ0n) is 19.0. The van der Waals surface area contributed by atoms with E-state index in [4.69, 9.17) is 4.74 Å². The standard InChI is InChI=1S/C26H25N3O5/c1-3-14-8-6-10-16-21(14)27-25(33)26(16)20-19(18-12-7-13-28(18)26)22(30)29(23(20)31)17-11-5-4-9-15(17)24(32)34-2/h4-6,8-11,18-20H,3,7,12-13H2,1-2H3,(H,27,33). The Labute approximate surface area is 196 Å². The monoisotopic (exact) mass is 459 g/mol. The Morgan fingerprint density at radius 1 is 1.12 bits per heavy atom. The number of fused-ring (bicyclic) bond motifs is 7. The summed E-state index contributed by atoms with van der Waals surface area (Å²) in [6.07, 6.45) is 2.33. The fourth-order valence-corrected chi connectivity index (χ4v) is 6.77. The molecular formula is C26H25N3O5. The van der Waals surface area contributed by atoms with Crippen LogP contribution in [0.4, 0.5) is 11.4 Å². The summed E-state index contributed by atoms with van der Waals surface area (Å²) < 4.78 is 4.89. The highest BCUT2D eigenvalue weighted by atomic mass is 16.5. The molecule has 3 saturated heterocycles. The van der Waals surface area contributed by atoms with Crippen molar-refractivity contribution < 1.29 is 23.9 Å². The second-order valence-electron chi connectivity index (χ2n) is 9.34. The van der Waals surface area contributed by atoms with Crippen LogP contribution in [-0.2, 0) is 31.1 Å². The van der Waals surface area contributed by atoms with Crippen molar-refractivity contribution in [2.45, 2.75) is 37.8 Å². The first kappa shape index (κ1) is 21.0. The molecule has 4 unspecified atom stereocenters. The maximum atomic E-state index is 14.1. The van der Waals surface area contributed by atoms with Crippen molar-refractivity contribution in [2.24, 2.45) is 11.8 Å². The van der Waals surface area contributed by atoms with E-state index in [-0.39, 0.29) is 29.1 Å². The predicted octanol–water partition coefficient (Wildman–Crippen LogP) is 2.47. The summed E-state index contributed by atoms with van der Waals surface area (Å²) in [5.74, 6) is -3.17. The van der Waals surface area contributed by atoms with Crippen LogP contribution in [0.3, 0.4) is 0 Å². The minimum atomic E-state index is -1.23. The smallest absolute Gasteiger partial charge is 0.339 e. The predicted molar refractivity (Wildman–Crippen MR) is 123 cm³/mol. The van der Waals surface area contributed by atoms with Gasteiger partial charge in [-0.15, -0.1) is 0 Å². The van der Waals surface area contributed by atoms with Gasteiger partial charge in [0.1, 0.15) is 5.54 Å². The highest BCUT2D eigenvalue weighted by Crippen LogP contribution is 2.61. The molecule has 8 nitrogen and oxygen atoms in total. The number of esters is 1. The molecule has 4 heterocycles. The van der Waals surface area contributed by atoms with E-state index in [2.05, 4.69) is 10.2 Å². The van der Waals surface area contributed by atoms with E-state index in [0.717, 1.165) is 41.0 Å². The van der Waals surface area contributed by atoms with E-state index in [0.29, 0.717) is 6.54 Å². The number of amides is 3. The third-order valence-electron chi connectivity index (χ3n) is 8.05. The third kappa shape index (κ3) is 2.36. The Morgan fingerprint density at radius 2 is 1.91 bits per heavy atom. The molecule has 34 heavy (non-hydrogen) atoms. The van der Waals surface area contributed by atoms with Crippen molar-refractivity contribution in [3.05, 3.63) is 59.2 Å². The van der Waals surface area contributed by atoms with Gasteiger partial charge >= 0.3 is 5.97 Å². The molecule has 1 N–H and O–H groups in total. The summed E-state index contributed by atoms with van der Waals surface area (Å²) in [7, 11) is 1.26. The summed E-state index contributed by atoms with van der Waals surface area (Å²) in [6.45, 7) is 2.68. The lowest BCUT2D eigenvalue weighted by molar-refractivity contribution is -0.135. The summed E-state index contributed by atoms with van der Waals surface area (Å²) in [6, 6.07) is 12.1. The highest BCUT2D eigenvalue weighted by Gasteiger charge is 2.74. The van der Waals surface area contributed by atoms with Gasteiger partial charge in [-0.3, -0.25) is 19.3 Å². The second kappa shape index (κ2) is 7.24. The Balaban J connectivity index is 1.55. The molecule has 4 aliphatic rings. The number of nitrogens with zero attached hydrogens (tertiary/aromatic N) is 2. The van der Waals surface area contributed by atoms with Gasteiger partial charge in [0.15, 0.2) is 0 Å². The van der Waals surface area contributed by atoms with Crippen LogP contribution in [0, 0.1) is 11.8 Å². The zero-order chi connectivity index (χ0) is 23.8. The third-order valence-corrected chi connectivity index (χ3v) is 8.05. The first-order valence-electron chi connectivity index (χ1n) is 11.7. The number of carbonyl (C=O) groups is 4. The van der Waals surface area contributed by atoms with Crippen molar-refractivity contribution in [2.75, 3.05) is 23.9 Å². The molecular weight excluding hydrogens is 434 g/mol. The lowest BCUT2D eigenvalue weighted by Crippen LogP contribution is -2.54. The molecule has 0 radical (unpaired) electrons. The van der Waals surface area contributed by atoms with Crippen LogP contribution in [0.25, 0.3) is 0 Å². The maximum Gasteiger partial charge on any atom is 0.339 e. The van der Waals surface area contributed by atoms with Crippen molar-refractivity contribution in [3.63, 3.8) is 0 Å². The van der Waals surface area contributed by atoms with Crippen molar-refractivity contribution in [1.82, 2.24) is 4.90 Å². The first-order chi connectivity index (χ1) is 16.5. The number of nitrogens with one attached hydrogen (secondary N) is 1. The van der Waals surface area contributed by atoms with E-state index in [1.54, 1.807) is 24.3 Å². The normalized spacial score (nSPS) is 29.4. The van der Waals surface area contributed by atoms with Gasteiger partial charge in [0, 0.05) is 17.3 Å². The topological polar surface area (TPSA) is 96.0 Å². The summed E-state index contributed by atoms with van der Waals surface area (Å²) >= 11 is 0. The zero-order valence-corrected chi connectivity index (χ0v) is 19.0. The molecule has 2 aromatic rings. The Hall–Kier alpha value is -3.52. The molecule has 2 aromatic carbocycles. The number of imide groups is 1. The molecule has 0 saturated carbocycles. The minimum Gasteiger partial charge on any atom is -0.465 e. The van der Waals surface area contributed by atoms with E-state index in [1.807, 2.05) is 25.1 Å². The number of hydrogen-bond donors (Lipinski definition) is 1. The molecule has 6 rings (SSSR count). The number of carbonyl (C=O) groups excluding carboxylic acids is 4. The van der Waals surface area contributed by atoms with Crippen LogP contribution in [0.5, 0.6) is 0 Å². The van der Waals surface area contributed by atoms with Crippen molar-refractivity contribution in [3.8, 4) is 0 Å². The van der Waals surface area contributed by atoms with E-state index < -0.39 is 29.3 Å². The molecule has 4 aliphatic heterocycles. The van der Waals surface area contributed by atoms with Crippen molar-refractivity contribution >= 4 is 35.1 Å². The Bertz CT molecular complexity index is 1270. The summed E-state index contributed by atoms with van der Waals surface area (Å²) in [5, 5.41) is 3.07. The van der Waals surface area contributed by atoms with Gasteiger partial charge in [-0.1, -0.05) is 37.3 Å². The molecule has 0 bridgehead atoms. The summed E-state index contributed by atoms with van der Waals surface area (Å²) in [4.78, 5) is 57.5. The lowest BCUT2D eigenvalue weighted by atomic mass is 9.75. The van der Waals surface area contributed by atoms with Crippen LogP contribution in [0.15, 0.2) is 42.5 Å². The van der Waals surface area contributed by atoms with Gasteiger partial charge in [-0.05, 0) is 43.5 Å². The highest BCUT2D eigenvalue weighted by molar-refractivity contribution is 6.27. The maximum absolute atomic E-state index is 14.1. The van der Waals surface area contributed by atoms with Gasteiger partial charge in [-0.25, -0.2) is 9.69 Å². The number of hydrogen-bond acceptors (Lipinski definition) is 6. The minimum absolute atomic E-state index is 0.147. The number of para-hydroxylation sites is 2. The molecule has 174 valence electrons. The number of methoxy groups -OCH3 is 1. The number of benzene rings is 2. The Morgan fingerprint density at radius 3 is 2.68 bits per heavy atom. The fourth-order valence-electron chi connectivity index (χ4n) is 6.77. The van der Waals surface area contributed by atoms with Crippen LogP contribution >= 0.6 is 0 Å². The van der Waals surface area contributed by atoms with Gasteiger partial charge in [0.05, 0.1) is 30.2 Å². The first-order valence-corrected chi connectivity index (χ1v) is 11.7. The summed E-state index contributed by atoms with van der Waals surface area (Å²) in [5.41, 5.74) is 1.67. The Kier molecular flexibility index (Phi) is 4.48. The van der Waals surface area contributed by atoms with Crippen LogP contribution < -0.4 is 10.2 Å². The molecule has 0 aromatic heterocycles. The molecule has 0 aliphatic carbocycles. The van der Waals surface area contributed by atoms with Crippen LogP contribution in [0.1, 0.15) is 41.3 Å². The molecule has 4 atom stereocenters. The van der Waals surface area contributed by atoms with Crippen LogP contribution in [-0.4, -0.2) is 48.3 Å². The number of rotatable bonds is 3. The number of ether oxygens (including phenoxy) is 1. The number of anilines is 2. The molecule has 8 heteroatoms. The molecule has 1 spiro atoms. The lowest BCUT2D eigenvalue weighted by Gasteiger charge is -2.36. The van der Waals surface area contributed by atoms with E-state index in [9.17, 15) is 19.2 Å². The van der Waals surface area contributed by atoms with E-state index >= 15 is 0 Å². The van der Waals surface area contributed by atoms with Gasteiger partial charge in [-0.2, -0.15) is 0 Å². The average molecular weight is 460 g/mol. The fraction of sp³-hybridized carbons (Fsp3) is 0.385. The van der Waals surface area contributed by atoms with Gasteiger partial charge in [0.2, 0.25) is 17.7 Å². The van der Waals surface area contributed by atoms with Gasteiger partial charge in [0.25, 0.3) is 0 Å². The largest absolute Gasteiger partial charge is 0.465 e. The van der Waals surface area contributed by atoms with Crippen molar-refractivity contribution in [1.29, 1.82) is 0 Å².